The van der Waals surface area contributed by atoms with Crippen molar-refractivity contribution in [1.29, 1.82) is 0 Å². The zero-order valence-corrected chi connectivity index (χ0v) is 12.1. The van der Waals surface area contributed by atoms with E-state index in [-0.39, 0.29) is 5.69 Å². The van der Waals surface area contributed by atoms with Crippen molar-refractivity contribution < 1.29 is 9.53 Å². The molecule has 0 radical (unpaired) electrons. The first-order chi connectivity index (χ1) is 10.8. The van der Waals surface area contributed by atoms with Crippen LogP contribution in [-0.2, 0) is 4.74 Å². The van der Waals surface area contributed by atoms with Crippen LogP contribution in [0.3, 0.4) is 0 Å². The van der Waals surface area contributed by atoms with Crippen LogP contribution in [-0.4, -0.2) is 23.0 Å². The van der Waals surface area contributed by atoms with Gasteiger partial charge in [0.1, 0.15) is 6.33 Å². The van der Waals surface area contributed by atoms with Gasteiger partial charge in [0.2, 0.25) is 0 Å². The number of carbonyl (C=O) groups excluding carboxylic acids is 1. The number of rotatable bonds is 3. The lowest BCUT2D eigenvalue weighted by Gasteiger charge is -2.12. The van der Waals surface area contributed by atoms with Gasteiger partial charge < -0.3 is 4.74 Å². The Balaban J connectivity index is 2.29. The van der Waals surface area contributed by atoms with Crippen LogP contribution in [0.4, 0.5) is 0 Å². The van der Waals surface area contributed by atoms with E-state index >= 15 is 0 Å². The zero-order valence-electron chi connectivity index (χ0n) is 12.1. The minimum atomic E-state index is -0.474. The molecule has 3 rings (SSSR count). The highest BCUT2D eigenvalue weighted by atomic mass is 16.5. The Bertz CT molecular complexity index is 787. The summed E-state index contributed by atoms with van der Waals surface area (Å²) in [6.45, 7) is 0. The fraction of sp³-hybridized carbons (Fsp3) is 0.0556. The molecule has 4 heteroatoms. The van der Waals surface area contributed by atoms with Crippen LogP contribution in [0.2, 0.25) is 0 Å². The van der Waals surface area contributed by atoms with Crippen LogP contribution < -0.4 is 0 Å². The van der Waals surface area contributed by atoms with E-state index in [2.05, 4.69) is 9.97 Å². The molecule has 0 aliphatic carbocycles. The van der Waals surface area contributed by atoms with Gasteiger partial charge in [-0.25, -0.2) is 14.8 Å². The van der Waals surface area contributed by atoms with Crippen molar-refractivity contribution in [1.82, 2.24) is 9.97 Å². The Morgan fingerprint density at radius 1 is 0.864 bits per heavy atom. The van der Waals surface area contributed by atoms with E-state index in [0.29, 0.717) is 11.3 Å². The molecule has 0 bridgehead atoms. The largest absolute Gasteiger partial charge is 0.464 e. The summed E-state index contributed by atoms with van der Waals surface area (Å²) in [6.07, 6.45) is 1.39. The number of methoxy groups -OCH3 is 1. The predicted molar refractivity (Wildman–Crippen MR) is 84.2 cm³/mol. The number of esters is 1. The smallest absolute Gasteiger partial charge is 0.357 e. The van der Waals surface area contributed by atoms with Gasteiger partial charge in [-0.15, -0.1) is 0 Å². The van der Waals surface area contributed by atoms with E-state index in [1.165, 1.54) is 13.4 Å². The number of benzene rings is 2. The van der Waals surface area contributed by atoms with Gasteiger partial charge in [-0.05, 0) is 5.56 Å². The standard InChI is InChI=1S/C18H14N2O2/c1-22-18(21)17-15(13-8-4-2-5-9-13)16(19-12-20-17)14-10-6-3-7-11-14/h2-12H,1H3. The molecule has 2 aromatic carbocycles. The van der Waals surface area contributed by atoms with Gasteiger partial charge in [-0.1, -0.05) is 60.7 Å². The third-order valence-electron chi connectivity index (χ3n) is 3.34. The van der Waals surface area contributed by atoms with E-state index in [0.717, 1.165) is 11.1 Å². The first kappa shape index (κ1) is 13.9. The second-order valence-corrected chi connectivity index (χ2v) is 4.67. The van der Waals surface area contributed by atoms with Gasteiger partial charge >= 0.3 is 5.97 Å². The van der Waals surface area contributed by atoms with E-state index in [9.17, 15) is 4.79 Å². The molecular weight excluding hydrogens is 276 g/mol. The Labute approximate surface area is 128 Å². The molecule has 0 saturated heterocycles. The summed E-state index contributed by atoms with van der Waals surface area (Å²) in [6, 6.07) is 19.3. The minimum Gasteiger partial charge on any atom is -0.464 e. The summed E-state index contributed by atoms with van der Waals surface area (Å²) >= 11 is 0. The van der Waals surface area contributed by atoms with Crippen molar-refractivity contribution in [3.05, 3.63) is 72.7 Å². The summed E-state index contributed by atoms with van der Waals surface area (Å²) in [5.74, 6) is -0.474. The molecule has 0 aliphatic rings. The molecule has 1 aromatic heterocycles. The second-order valence-electron chi connectivity index (χ2n) is 4.67. The minimum absolute atomic E-state index is 0.266. The van der Waals surface area contributed by atoms with Crippen LogP contribution in [0.25, 0.3) is 22.4 Å². The van der Waals surface area contributed by atoms with E-state index in [1.807, 2.05) is 60.7 Å². The Morgan fingerprint density at radius 3 is 2.05 bits per heavy atom. The molecule has 22 heavy (non-hydrogen) atoms. The topological polar surface area (TPSA) is 52.1 Å². The molecule has 0 atom stereocenters. The van der Waals surface area contributed by atoms with Gasteiger partial charge in [0.15, 0.2) is 5.69 Å². The highest BCUT2D eigenvalue weighted by Gasteiger charge is 2.20. The average molecular weight is 290 g/mol. The molecule has 0 unspecified atom stereocenters. The van der Waals surface area contributed by atoms with Crippen LogP contribution in [0.5, 0.6) is 0 Å². The van der Waals surface area contributed by atoms with Crippen molar-refractivity contribution in [3.8, 4) is 22.4 Å². The van der Waals surface area contributed by atoms with Gasteiger partial charge in [0, 0.05) is 11.1 Å². The summed E-state index contributed by atoms with van der Waals surface area (Å²) < 4.78 is 4.86. The molecule has 108 valence electrons. The molecule has 4 nitrogen and oxygen atoms in total. The average Bonchev–Trinajstić information content (AvgIpc) is 2.62. The number of ether oxygens (including phenoxy) is 1. The number of hydrogen-bond donors (Lipinski definition) is 0. The van der Waals surface area contributed by atoms with Crippen LogP contribution in [0.1, 0.15) is 10.5 Å². The van der Waals surface area contributed by atoms with Crippen molar-refractivity contribution in [2.45, 2.75) is 0 Å². The first-order valence-corrected chi connectivity index (χ1v) is 6.85. The molecule has 0 saturated carbocycles. The molecule has 0 N–H and O–H groups in total. The predicted octanol–water partition coefficient (Wildman–Crippen LogP) is 3.60. The van der Waals surface area contributed by atoms with Gasteiger partial charge in [-0.3, -0.25) is 0 Å². The van der Waals surface area contributed by atoms with E-state index in [4.69, 9.17) is 4.74 Å². The third kappa shape index (κ3) is 2.59. The number of carbonyl (C=O) groups is 1. The van der Waals surface area contributed by atoms with Gasteiger partial charge in [0.05, 0.1) is 12.8 Å². The fourth-order valence-electron chi connectivity index (χ4n) is 2.33. The third-order valence-corrected chi connectivity index (χ3v) is 3.34. The quantitative estimate of drug-likeness (QED) is 0.692. The molecule has 1 heterocycles. The Morgan fingerprint density at radius 2 is 1.45 bits per heavy atom. The number of hydrogen-bond acceptors (Lipinski definition) is 4. The van der Waals surface area contributed by atoms with Gasteiger partial charge in [0.25, 0.3) is 0 Å². The molecular formula is C18H14N2O2. The summed E-state index contributed by atoms with van der Waals surface area (Å²) in [5, 5.41) is 0. The highest BCUT2D eigenvalue weighted by Crippen LogP contribution is 2.32. The SMILES string of the molecule is COC(=O)c1ncnc(-c2ccccc2)c1-c1ccccc1. The van der Waals surface area contributed by atoms with Gasteiger partial charge in [-0.2, -0.15) is 0 Å². The van der Waals surface area contributed by atoms with Crippen LogP contribution in [0, 0.1) is 0 Å². The maximum Gasteiger partial charge on any atom is 0.357 e. The molecule has 0 spiro atoms. The Hall–Kier alpha value is -3.01. The fourth-order valence-corrected chi connectivity index (χ4v) is 2.33. The highest BCUT2D eigenvalue weighted by molar-refractivity contribution is 5.99. The lowest BCUT2D eigenvalue weighted by molar-refractivity contribution is 0.0595. The maximum absolute atomic E-state index is 12.1. The van der Waals surface area contributed by atoms with Crippen molar-refractivity contribution in [2.24, 2.45) is 0 Å². The molecule has 0 aliphatic heterocycles. The monoisotopic (exact) mass is 290 g/mol. The van der Waals surface area contributed by atoms with Crippen molar-refractivity contribution >= 4 is 5.97 Å². The lowest BCUT2D eigenvalue weighted by atomic mass is 9.97. The Kier molecular flexibility index (Phi) is 3.92. The summed E-state index contributed by atoms with van der Waals surface area (Å²) in [7, 11) is 1.35. The maximum atomic E-state index is 12.1. The van der Waals surface area contributed by atoms with Crippen LogP contribution in [0.15, 0.2) is 67.0 Å². The summed E-state index contributed by atoms with van der Waals surface area (Å²) in [4.78, 5) is 20.6. The molecule has 0 amide bonds. The summed E-state index contributed by atoms with van der Waals surface area (Å²) in [5.41, 5.74) is 3.46. The van der Waals surface area contributed by atoms with Crippen LogP contribution >= 0.6 is 0 Å². The number of nitrogens with zero attached hydrogens (tertiary/aromatic N) is 2. The zero-order chi connectivity index (χ0) is 15.4. The molecule has 0 fully saturated rings. The van der Waals surface area contributed by atoms with Crippen molar-refractivity contribution in [3.63, 3.8) is 0 Å². The lowest BCUT2D eigenvalue weighted by Crippen LogP contribution is -2.08. The molecule has 3 aromatic rings. The number of aromatic nitrogens is 2. The normalized spacial score (nSPS) is 10.2. The van der Waals surface area contributed by atoms with E-state index < -0.39 is 5.97 Å². The van der Waals surface area contributed by atoms with Crippen molar-refractivity contribution in [2.75, 3.05) is 7.11 Å². The first-order valence-electron chi connectivity index (χ1n) is 6.85. The van der Waals surface area contributed by atoms with E-state index in [1.54, 1.807) is 0 Å². The second kappa shape index (κ2) is 6.18.